The van der Waals surface area contributed by atoms with Gasteiger partial charge in [0.15, 0.2) is 0 Å². The number of ether oxygens (including phenoxy) is 1. The molecule has 0 unspecified atom stereocenters. The standard InChI is InChI=1S/2C11H11.C4H9OSi.Zr/c2*1-8-7-10-5-3-4-6-11(10)9(8)2;1-4(2)5-3-6;/h2*3-7H,1-2H3;4H,3H2,1-2H3;/q2*-1;;+2. The van der Waals surface area contributed by atoms with Crippen LogP contribution in [0.1, 0.15) is 36.1 Å². The van der Waals surface area contributed by atoms with Crippen LogP contribution in [-0.2, 0) is 30.9 Å². The molecule has 0 N–H and O–H groups in total. The van der Waals surface area contributed by atoms with Crippen molar-refractivity contribution in [3.05, 3.63) is 82.9 Å². The Kier molecular flexibility index (Phi) is 11.0. The van der Waals surface area contributed by atoms with Crippen LogP contribution in [0.2, 0.25) is 0 Å². The first-order chi connectivity index (χ1) is 13.3. The van der Waals surface area contributed by atoms with Crippen molar-refractivity contribution < 1.29 is 30.9 Å². The summed E-state index contributed by atoms with van der Waals surface area (Å²) in [7, 11) is 3.17. The molecule has 0 atom stereocenters. The van der Waals surface area contributed by atoms with Gasteiger partial charge in [-0.2, -0.15) is 11.1 Å². The van der Waals surface area contributed by atoms with E-state index in [1.54, 1.807) is 0 Å². The zero-order valence-corrected chi connectivity index (χ0v) is 21.9. The van der Waals surface area contributed by atoms with Gasteiger partial charge in [-0.3, -0.25) is 0 Å². The fourth-order valence-corrected chi connectivity index (χ4v) is 3.54. The van der Waals surface area contributed by atoms with Crippen molar-refractivity contribution in [2.45, 2.75) is 47.6 Å². The summed E-state index contributed by atoms with van der Waals surface area (Å²) in [5.41, 5.74) is 5.62. The minimum atomic E-state index is 0. The minimum absolute atomic E-state index is 0. The molecule has 3 heteroatoms. The summed E-state index contributed by atoms with van der Waals surface area (Å²) in [5.74, 6) is 0. The zero-order chi connectivity index (χ0) is 20.7. The van der Waals surface area contributed by atoms with Crippen molar-refractivity contribution >= 4 is 31.8 Å². The molecule has 4 aromatic rings. The Balaban J connectivity index is 0.000000225. The van der Waals surface area contributed by atoms with Gasteiger partial charge in [0, 0.05) is 6.23 Å². The summed E-state index contributed by atoms with van der Waals surface area (Å²) in [4.78, 5) is 0. The Hall–Kier alpha value is -1.28. The van der Waals surface area contributed by atoms with Crippen molar-refractivity contribution in [3.8, 4) is 0 Å². The van der Waals surface area contributed by atoms with Gasteiger partial charge < -0.3 is 4.74 Å². The predicted octanol–water partition coefficient (Wildman–Crippen LogP) is 6.89. The summed E-state index contributed by atoms with van der Waals surface area (Å²) in [6.45, 7) is 12.7. The van der Waals surface area contributed by atoms with Crippen LogP contribution in [0.3, 0.4) is 0 Å². The average molecular weight is 479 g/mol. The number of rotatable bonds is 2. The Bertz CT molecular complexity index is 932. The molecule has 0 fully saturated rings. The van der Waals surface area contributed by atoms with E-state index in [1.807, 2.05) is 13.8 Å². The summed E-state index contributed by atoms with van der Waals surface area (Å²) in [5, 5.41) is 5.51. The second-order valence-electron chi connectivity index (χ2n) is 7.44. The Morgan fingerprint density at radius 2 is 1.14 bits per heavy atom. The monoisotopic (exact) mass is 477 g/mol. The third kappa shape index (κ3) is 7.17. The number of fused-ring (bicyclic) bond motifs is 2. The molecule has 0 aliphatic heterocycles. The van der Waals surface area contributed by atoms with Gasteiger partial charge in [0.05, 0.1) is 16.3 Å². The Labute approximate surface area is 198 Å². The van der Waals surface area contributed by atoms with Gasteiger partial charge >= 0.3 is 26.2 Å². The van der Waals surface area contributed by atoms with Crippen LogP contribution in [0.15, 0.2) is 60.7 Å². The molecule has 0 saturated carbocycles. The van der Waals surface area contributed by atoms with Gasteiger partial charge in [-0.1, -0.05) is 39.8 Å². The summed E-state index contributed by atoms with van der Waals surface area (Å²) in [6, 6.07) is 21.5. The summed E-state index contributed by atoms with van der Waals surface area (Å²) in [6.07, 6.45) is 0.986. The molecular formula is C26H31OSiZr. The first-order valence-electron chi connectivity index (χ1n) is 9.84. The van der Waals surface area contributed by atoms with Gasteiger partial charge in [-0.15, -0.1) is 81.2 Å². The maximum Gasteiger partial charge on any atom is 2.00 e. The Morgan fingerprint density at radius 1 is 0.759 bits per heavy atom. The zero-order valence-electron chi connectivity index (χ0n) is 18.5. The molecule has 29 heavy (non-hydrogen) atoms. The van der Waals surface area contributed by atoms with Gasteiger partial charge in [0.2, 0.25) is 0 Å². The first kappa shape index (κ1) is 25.8. The molecular weight excluding hydrogens is 448 g/mol. The van der Waals surface area contributed by atoms with E-state index in [2.05, 4.69) is 98.6 Å². The molecule has 3 radical (unpaired) electrons. The van der Waals surface area contributed by atoms with Crippen LogP contribution in [0.5, 0.6) is 0 Å². The SMILES string of the molecule is CC(C)OC[Si].Cc1[cH-]c2ccccc2c1C.Cc1[cH-]c2ccccc2c1C.[Zr+2]. The van der Waals surface area contributed by atoms with Crippen molar-refractivity contribution in [3.63, 3.8) is 0 Å². The fraction of sp³-hybridized carbons (Fsp3) is 0.308. The molecule has 0 aliphatic rings. The molecule has 0 amide bonds. The van der Waals surface area contributed by atoms with E-state index in [-0.39, 0.29) is 26.2 Å². The van der Waals surface area contributed by atoms with Crippen LogP contribution in [0, 0.1) is 27.7 Å². The molecule has 4 rings (SSSR count). The van der Waals surface area contributed by atoms with Crippen molar-refractivity contribution in [2.75, 3.05) is 6.23 Å². The molecule has 0 bridgehead atoms. The van der Waals surface area contributed by atoms with Gasteiger partial charge in [-0.25, -0.2) is 0 Å². The second-order valence-corrected chi connectivity index (χ2v) is 7.73. The van der Waals surface area contributed by atoms with Gasteiger partial charge in [0.1, 0.15) is 0 Å². The summed E-state index contributed by atoms with van der Waals surface area (Å²) < 4.78 is 4.96. The number of hydrogen-bond acceptors (Lipinski definition) is 1. The number of hydrogen-bond donors (Lipinski definition) is 0. The topological polar surface area (TPSA) is 9.23 Å². The van der Waals surface area contributed by atoms with Gasteiger partial charge in [0.25, 0.3) is 0 Å². The average Bonchev–Trinajstić information content (AvgIpc) is 3.13. The van der Waals surface area contributed by atoms with Crippen LogP contribution < -0.4 is 0 Å². The van der Waals surface area contributed by atoms with Crippen molar-refractivity contribution in [1.82, 2.24) is 0 Å². The van der Waals surface area contributed by atoms with Gasteiger partial charge in [-0.05, 0) is 13.8 Å². The number of benzene rings is 2. The van der Waals surface area contributed by atoms with Crippen molar-refractivity contribution in [1.29, 1.82) is 0 Å². The van der Waals surface area contributed by atoms with E-state index in [4.69, 9.17) is 4.74 Å². The second kappa shape index (κ2) is 12.4. The molecule has 0 spiro atoms. The Morgan fingerprint density at radius 3 is 1.41 bits per heavy atom. The molecule has 1 nitrogen and oxygen atoms in total. The third-order valence-electron chi connectivity index (χ3n) is 5.07. The molecule has 0 aromatic heterocycles. The molecule has 0 aliphatic carbocycles. The maximum absolute atomic E-state index is 4.96. The van der Waals surface area contributed by atoms with Crippen molar-refractivity contribution in [2.24, 2.45) is 0 Å². The number of aryl methyl sites for hydroxylation is 4. The van der Waals surface area contributed by atoms with Crippen LogP contribution in [0.25, 0.3) is 21.5 Å². The molecule has 149 valence electrons. The largest absolute Gasteiger partial charge is 2.00 e. The fourth-order valence-electron chi connectivity index (χ4n) is 3.20. The van der Waals surface area contributed by atoms with E-state index >= 15 is 0 Å². The quantitative estimate of drug-likeness (QED) is 0.225. The first-order valence-corrected chi connectivity index (χ1v) is 10.5. The van der Waals surface area contributed by atoms with Crippen LogP contribution in [0.4, 0.5) is 0 Å². The van der Waals surface area contributed by atoms with E-state index < -0.39 is 0 Å². The van der Waals surface area contributed by atoms with Crippen LogP contribution >= 0.6 is 0 Å². The molecule has 4 aromatic carbocycles. The van der Waals surface area contributed by atoms with Crippen LogP contribution in [-0.4, -0.2) is 22.6 Å². The van der Waals surface area contributed by atoms with E-state index in [0.29, 0.717) is 12.3 Å². The minimum Gasteiger partial charge on any atom is -0.383 e. The van der Waals surface area contributed by atoms with E-state index in [1.165, 1.54) is 43.8 Å². The normalized spacial score (nSPS) is 10.2. The predicted molar refractivity (Wildman–Crippen MR) is 125 cm³/mol. The summed E-state index contributed by atoms with van der Waals surface area (Å²) >= 11 is 0. The molecule has 0 heterocycles. The molecule has 0 saturated heterocycles. The van der Waals surface area contributed by atoms with E-state index in [9.17, 15) is 0 Å². The smallest absolute Gasteiger partial charge is 0.383 e. The third-order valence-corrected chi connectivity index (χ3v) is 5.24. The van der Waals surface area contributed by atoms with E-state index in [0.717, 1.165) is 0 Å². The maximum atomic E-state index is 4.96.